The van der Waals surface area contributed by atoms with Crippen LogP contribution in [0.5, 0.6) is 17.2 Å². The number of hydrogen-bond acceptors (Lipinski definition) is 9. The zero-order valence-corrected chi connectivity index (χ0v) is 21.1. The number of carbonyl (C=O) groups is 3. The first-order chi connectivity index (χ1) is 17.7. The lowest BCUT2D eigenvalue weighted by atomic mass is 10.0. The molecule has 1 aromatic heterocycles. The van der Waals surface area contributed by atoms with Crippen molar-refractivity contribution >= 4 is 40.6 Å². The molecule has 2 aromatic carbocycles. The molecule has 11 nitrogen and oxygen atoms in total. The molecule has 1 aliphatic rings. The third-order valence-corrected chi connectivity index (χ3v) is 6.60. The third-order valence-electron chi connectivity index (χ3n) is 5.75. The van der Waals surface area contributed by atoms with E-state index < -0.39 is 23.8 Å². The van der Waals surface area contributed by atoms with E-state index in [1.165, 1.54) is 17.0 Å². The number of nitrogens with zero attached hydrogens (tertiary/aromatic N) is 2. The Balaban J connectivity index is 1.84. The van der Waals surface area contributed by atoms with Gasteiger partial charge in [0.15, 0.2) is 17.2 Å². The molecule has 0 radical (unpaired) electrons. The van der Waals surface area contributed by atoms with Crippen molar-refractivity contribution < 1.29 is 29.0 Å². The molecule has 3 amide bonds. The van der Waals surface area contributed by atoms with Crippen LogP contribution in [0.25, 0.3) is 0 Å². The maximum Gasteiger partial charge on any atom is 0.273 e. The molecule has 4 rings (SSSR count). The summed E-state index contributed by atoms with van der Waals surface area (Å²) in [4.78, 5) is 40.6. The molecule has 2 heterocycles. The van der Waals surface area contributed by atoms with Crippen LogP contribution in [-0.2, 0) is 4.79 Å². The number of ether oxygens (including phenoxy) is 2. The number of anilines is 2. The summed E-state index contributed by atoms with van der Waals surface area (Å²) >= 11 is 0.715. The molecule has 37 heavy (non-hydrogen) atoms. The average molecular weight is 526 g/mol. The van der Waals surface area contributed by atoms with Crippen LogP contribution >= 0.6 is 11.5 Å². The Morgan fingerprint density at radius 1 is 1.14 bits per heavy atom. The van der Waals surface area contributed by atoms with Gasteiger partial charge in [-0.05, 0) is 53.7 Å². The maximum atomic E-state index is 14.0. The molecular weight excluding hydrogens is 498 g/mol. The van der Waals surface area contributed by atoms with Crippen molar-refractivity contribution in [2.24, 2.45) is 11.7 Å². The molecule has 0 aliphatic carbocycles. The van der Waals surface area contributed by atoms with Crippen molar-refractivity contribution in [2.45, 2.75) is 26.3 Å². The monoisotopic (exact) mass is 525 g/mol. The van der Waals surface area contributed by atoms with Gasteiger partial charge in [0.25, 0.3) is 11.8 Å². The number of nitrogen functional groups attached to an aromatic ring is 1. The highest BCUT2D eigenvalue weighted by molar-refractivity contribution is 7.09. The van der Waals surface area contributed by atoms with E-state index in [1.807, 2.05) is 13.8 Å². The molecular formula is C25H27N5O6S. The molecule has 0 unspecified atom stereocenters. The second kappa shape index (κ2) is 10.7. The number of phenolic OH excluding ortho intramolecular Hbond substituents is 1. The van der Waals surface area contributed by atoms with Gasteiger partial charge in [0, 0.05) is 18.3 Å². The van der Waals surface area contributed by atoms with Crippen LogP contribution in [-0.4, -0.2) is 40.5 Å². The Labute approximate surface area is 217 Å². The van der Waals surface area contributed by atoms with Gasteiger partial charge in [-0.25, -0.2) is 0 Å². The molecule has 1 aliphatic heterocycles. The highest BCUT2D eigenvalue weighted by Crippen LogP contribution is 2.39. The quantitative estimate of drug-likeness (QED) is 0.330. The second-order valence-corrected chi connectivity index (χ2v) is 9.59. The first kappa shape index (κ1) is 25.8. The summed E-state index contributed by atoms with van der Waals surface area (Å²) in [5, 5.41) is 12.7. The zero-order chi connectivity index (χ0) is 26.7. The van der Waals surface area contributed by atoms with E-state index >= 15 is 0 Å². The summed E-state index contributed by atoms with van der Waals surface area (Å²) in [5.41, 5.74) is 11.8. The second-order valence-electron chi connectivity index (χ2n) is 8.82. The highest BCUT2D eigenvalue weighted by Gasteiger charge is 2.36. The molecule has 12 heteroatoms. The third kappa shape index (κ3) is 5.43. The highest BCUT2D eigenvalue weighted by atomic mass is 32.1. The largest absolute Gasteiger partial charge is 0.508 e. The Bertz CT molecular complexity index is 1320. The fraction of sp³-hybridized carbons (Fsp3) is 0.280. The number of benzene rings is 2. The smallest absolute Gasteiger partial charge is 0.273 e. The van der Waals surface area contributed by atoms with Crippen LogP contribution in [0.2, 0.25) is 0 Å². The summed E-state index contributed by atoms with van der Waals surface area (Å²) in [5.74, 6) is -0.746. The maximum absolute atomic E-state index is 14.0. The van der Waals surface area contributed by atoms with Crippen molar-refractivity contribution in [3.8, 4) is 17.2 Å². The molecule has 1 atom stereocenters. The molecule has 0 spiro atoms. The van der Waals surface area contributed by atoms with E-state index in [0.717, 1.165) is 6.42 Å². The van der Waals surface area contributed by atoms with E-state index in [0.29, 0.717) is 46.7 Å². The average Bonchev–Trinajstić information content (AvgIpc) is 3.48. The van der Waals surface area contributed by atoms with Gasteiger partial charge in [0.1, 0.15) is 16.7 Å². The van der Waals surface area contributed by atoms with Crippen LogP contribution < -0.4 is 31.2 Å². The first-order valence-corrected chi connectivity index (χ1v) is 12.3. The van der Waals surface area contributed by atoms with Gasteiger partial charge in [0.2, 0.25) is 12.7 Å². The first-order valence-electron chi connectivity index (χ1n) is 11.5. The lowest BCUT2D eigenvalue weighted by Gasteiger charge is -2.31. The SMILES string of the molecule is CC(C)CCNC(=O)[C@@H](c1ccc(O)cc1)N(C(=O)c1snc(C(N)=O)c1N)c1ccc2c(c1)OCO2. The minimum Gasteiger partial charge on any atom is -0.508 e. The minimum atomic E-state index is -1.17. The lowest BCUT2D eigenvalue weighted by Crippen LogP contribution is -2.44. The fourth-order valence-electron chi connectivity index (χ4n) is 3.81. The Morgan fingerprint density at radius 3 is 2.49 bits per heavy atom. The van der Waals surface area contributed by atoms with Gasteiger partial charge >= 0.3 is 0 Å². The van der Waals surface area contributed by atoms with Gasteiger partial charge in [-0.15, -0.1) is 0 Å². The molecule has 6 N–H and O–H groups in total. The van der Waals surface area contributed by atoms with Gasteiger partial charge < -0.3 is 31.4 Å². The number of primary amides is 1. The van der Waals surface area contributed by atoms with Crippen LogP contribution in [0.1, 0.15) is 52.0 Å². The summed E-state index contributed by atoms with van der Waals surface area (Å²) < 4.78 is 14.8. The molecule has 3 aromatic rings. The number of hydrogen-bond donors (Lipinski definition) is 4. The van der Waals surface area contributed by atoms with E-state index in [1.54, 1.807) is 30.3 Å². The van der Waals surface area contributed by atoms with E-state index in [-0.39, 0.29) is 28.8 Å². The fourth-order valence-corrected chi connectivity index (χ4v) is 4.55. The van der Waals surface area contributed by atoms with E-state index in [4.69, 9.17) is 20.9 Å². The molecule has 0 fully saturated rings. The number of nitrogens with two attached hydrogens (primary N) is 2. The number of aromatic nitrogens is 1. The van der Waals surface area contributed by atoms with Crippen molar-refractivity contribution in [2.75, 3.05) is 24.0 Å². The number of phenols is 1. The standard InChI is InChI=1S/C25H27N5O6S/c1-13(2)9-10-28-24(33)21(14-3-6-16(31)7-4-14)30(15-5-8-17-18(11-15)36-12-35-17)25(34)22-19(26)20(23(27)32)29-37-22/h3-8,11,13,21,31H,9-10,12,26H2,1-2H3,(H2,27,32)(H,28,33)/t21-/m1/s1. The molecule has 0 bridgehead atoms. The van der Waals surface area contributed by atoms with Crippen molar-refractivity contribution in [3.63, 3.8) is 0 Å². The Kier molecular flexibility index (Phi) is 7.48. The topological polar surface area (TPSA) is 170 Å². The summed E-state index contributed by atoms with van der Waals surface area (Å²) in [6.45, 7) is 4.49. The lowest BCUT2D eigenvalue weighted by molar-refractivity contribution is -0.122. The van der Waals surface area contributed by atoms with Crippen molar-refractivity contribution in [1.29, 1.82) is 0 Å². The van der Waals surface area contributed by atoms with Crippen LogP contribution in [0.3, 0.4) is 0 Å². The van der Waals surface area contributed by atoms with Crippen LogP contribution in [0.15, 0.2) is 42.5 Å². The van der Waals surface area contributed by atoms with Crippen molar-refractivity contribution in [1.82, 2.24) is 9.69 Å². The number of fused-ring (bicyclic) bond motifs is 1. The van der Waals surface area contributed by atoms with Gasteiger partial charge in [-0.1, -0.05) is 26.0 Å². The molecule has 194 valence electrons. The van der Waals surface area contributed by atoms with Gasteiger partial charge in [-0.3, -0.25) is 19.3 Å². The number of aromatic hydroxyl groups is 1. The zero-order valence-electron chi connectivity index (χ0n) is 20.3. The number of rotatable bonds is 9. The molecule has 0 saturated carbocycles. The summed E-state index contributed by atoms with van der Waals surface area (Å²) in [7, 11) is 0. The van der Waals surface area contributed by atoms with Crippen LogP contribution in [0.4, 0.5) is 11.4 Å². The van der Waals surface area contributed by atoms with Crippen LogP contribution in [0, 0.1) is 5.92 Å². The minimum absolute atomic E-state index is 0.00136. The van der Waals surface area contributed by atoms with E-state index in [2.05, 4.69) is 9.69 Å². The predicted molar refractivity (Wildman–Crippen MR) is 138 cm³/mol. The Morgan fingerprint density at radius 2 is 1.84 bits per heavy atom. The van der Waals surface area contributed by atoms with E-state index in [9.17, 15) is 19.5 Å². The van der Waals surface area contributed by atoms with Gasteiger partial charge in [-0.2, -0.15) is 4.37 Å². The number of nitrogens with one attached hydrogen (secondary N) is 1. The number of amides is 3. The molecule has 0 saturated heterocycles. The predicted octanol–water partition coefficient (Wildman–Crippen LogP) is 2.81. The summed E-state index contributed by atoms with van der Waals surface area (Å²) in [6, 6.07) is 9.64. The van der Waals surface area contributed by atoms with Gasteiger partial charge in [0.05, 0.1) is 5.69 Å². The Hall–Kier alpha value is -4.32. The normalized spacial score (nSPS) is 12.8. The number of carbonyl (C=O) groups excluding carboxylic acids is 3. The van der Waals surface area contributed by atoms with Crippen molar-refractivity contribution in [3.05, 3.63) is 58.6 Å². The summed E-state index contributed by atoms with van der Waals surface area (Å²) in [6.07, 6.45) is 0.732.